The van der Waals surface area contributed by atoms with Crippen LogP contribution < -0.4 is 11.5 Å². The lowest BCUT2D eigenvalue weighted by Gasteiger charge is -2.18. The van der Waals surface area contributed by atoms with E-state index in [9.17, 15) is 0 Å². The standard InChI is InChI=1S/C18H24N2/c1-10-6-15(7-11(2)17(10)19)14(5)16-8-12(3)18(20)13(4)9-16/h6-9,14H,19-20H2,1-5H3. The Morgan fingerprint density at radius 2 is 0.900 bits per heavy atom. The second kappa shape index (κ2) is 5.20. The molecule has 0 bridgehead atoms. The highest BCUT2D eigenvalue weighted by atomic mass is 14.6. The Kier molecular flexibility index (Phi) is 3.76. The third-order valence-corrected chi connectivity index (χ3v) is 4.23. The van der Waals surface area contributed by atoms with Crippen LogP contribution in [0.15, 0.2) is 24.3 Å². The first-order valence-electron chi connectivity index (χ1n) is 7.04. The summed E-state index contributed by atoms with van der Waals surface area (Å²) in [5.74, 6) is 0.339. The minimum absolute atomic E-state index is 0.339. The summed E-state index contributed by atoms with van der Waals surface area (Å²) in [5.41, 5.74) is 21.1. The molecule has 0 aromatic heterocycles. The Bertz CT molecular complexity index is 553. The largest absolute Gasteiger partial charge is 0.398 e. The molecule has 4 N–H and O–H groups in total. The topological polar surface area (TPSA) is 52.0 Å². The van der Waals surface area contributed by atoms with E-state index in [1.54, 1.807) is 0 Å². The SMILES string of the molecule is Cc1cc(C(C)c2cc(C)c(N)c(C)c2)cc(C)c1N. The summed E-state index contributed by atoms with van der Waals surface area (Å²) < 4.78 is 0. The normalized spacial score (nSPS) is 11.1. The molecule has 2 rings (SSSR count). The molecule has 0 atom stereocenters. The van der Waals surface area contributed by atoms with Gasteiger partial charge >= 0.3 is 0 Å². The Morgan fingerprint density at radius 1 is 0.650 bits per heavy atom. The third kappa shape index (κ3) is 2.51. The number of anilines is 2. The van der Waals surface area contributed by atoms with Crippen molar-refractivity contribution < 1.29 is 0 Å². The molecule has 0 aliphatic rings. The van der Waals surface area contributed by atoms with Gasteiger partial charge in [0.15, 0.2) is 0 Å². The van der Waals surface area contributed by atoms with Gasteiger partial charge in [0.1, 0.15) is 0 Å². The van der Waals surface area contributed by atoms with Crippen LogP contribution in [0, 0.1) is 27.7 Å². The quantitative estimate of drug-likeness (QED) is 0.800. The molecule has 2 aromatic carbocycles. The van der Waals surface area contributed by atoms with Crippen molar-refractivity contribution >= 4 is 11.4 Å². The average Bonchev–Trinajstić information content (AvgIpc) is 2.40. The second-order valence-corrected chi connectivity index (χ2v) is 5.86. The molecule has 106 valence electrons. The smallest absolute Gasteiger partial charge is 0.0373 e. The van der Waals surface area contributed by atoms with Crippen LogP contribution in [0.3, 0.4) is 0 Å². The third-order valence-electron chi connectivity index (χ3n) is 4.23. The van der Waals surface area contributed by atoms with Gasteiger partial charge in [0.05, 0.1) is 0 Å². The van der Waals surface area contributed by atoms with Gasteiger partial charge in [0, 0.05) is 17.3 Å². The zero-order valence-electron chi connectivity index (χ0n) is 13.0. The summed E-state index contributed by atoms with van der Waals surface area (Å²) in [6.45, 7) is 10.5. The predicted molar refractivity (Wildman–Crippen MR) is 88.2 cm³/mol. The number of hydrogen-bond donors (Lipinski definition) is 2. The van der Waals surface area contributed by atoms with Crippen molar-refractivity contribution in [2.45, 2.75) is 40.5 Å². The fraction of sp³-hybridized carbons (Fsp3) is 0.333. The minimum Gasteiger partial charge on any atom is -0.398 e. The maximum atomic E-state index is 6.04. The molecule has 0 amide bonds. The maximum absolute atomic E-state index is 6.04. The lowest BCUT2D eigenvalue weighted by Crippen LogP contribution is -2.03. The highest BCUT2D eigenvalue weighted by molar-refractivity contribution is 5.58. The van der Waals surface area contributed by atoms with Crippen molar-refractivity contribution in [3.05, 3.63) is 57.6 Å². The van der Waals surface area contributed by atoms with Crippen molar-refractivity contribution in [2.24, 2.45) is 0 Å². The summed E-state index contributed by atoms with van der Waals surface area (Å²) in [5, 5.41) is 0. The van der Waals surface area contributed by atoms with E-state index in [1.165, 1.54) is 11.1 Å². The van der Waals surface area contributed by atoms with Crippen molar-refractivity contribution in [1.82, 2.24) is 0 Å². The number of benzene rings is 2. The van der Waals surface area contributed by atoms with Gasteiger partial charge in [-0.15, -0.1) is 0 Å². The van der Waals surface area contributed by atoms with Gasteiger partial charge in [-0.2, -0.15) is 0 Å². The predicted octanol–water partition coefficient (Wildman–Crippen LogP) is 4.24. The molecule has 0 fully saturated rings. The van der Waals surface area contributed by atoms with Crippen LogP contribution in [0.4, 0.5) is 11.4 Å². The first kappa shape index (κ1) is 14.4. The summed E-state index contributed by atoms with van der Waals surface area (Å²) in [6.07, 6.45) is 0. The van der Waals surface area contributed by atoms with Gasteiger partial charge in [-0.05, 0) is 61.1 Å². The van der Waals surface area contributed by atoms with Crippen molar-refractivity contribution in [3.8, 4) is 0 Å². The highest BCUT2D eigenvalue weighted by Crippen LogP contribution is 2.31. The Labute approximate surface area is 121 Å². The van der Waals surface area contributed by atoms with E-state index < -0.39 is 0 Å². The molecular weight excluding hydrogens is 244 g/mol. The zero-order valence-corrected chi connectivity index (χ0v) is 13.0. The second-order valence-electron chi connectivity index (χ2n) is 5.86. The number of aryl methyl sites for hydroxylation is 4. The van der Waals surface area contributed by atoms with E-state index in [-0.39, 0.29) is 0 Å². The van der Waals surface area contributed by atoms with Gasteiger partial charge in [0.2, 0.25) is 0 Å². The lowest BCUT2D eigenvalue weighted by atomic mass is 9.88. The molecule has 2 aromatic rings. The van der Waals surface area contributed by atoms with Crippen molar-refractivity contribution in [1.29, 1.82) is 0 Å². The van der Waals surface area contributed by atoms with Crippen LogP contribution in [0.25, 0.3) is 0 Å². The average molecular weight is 268 g/mol. The highest BCUT2D eigenvalue weighted by Gasteiger charge is 2.13. The molecule has 0 aliphatic carbocycles. The van der Waals surface area contributed by atoms with Crippen LogP contribution >= 0.6 is 0 Å². The van der Waals surface area contributed by atoms with Gasteiger partial charge < -0.3 is 11.5 Å². The summed E-state index contributed by atoms with van der Waals surface area (Å²) in [7, 11) is 0. The molecule has 2 heteroatoms. The first-order valence-corrected chi connectivity index (χ1v) is 7.04. The molecule has 0 heterocycles. The van der Waals surface area contributed by atoms with Gasteiger partial charge in [0.25, 0.3) is 0 Å². The van der Waals surface area contributed by atoms with E-state index in [0.717, 1.165) is 33.6 Å². The summed E-state index contributed by atoms with van der Waals surface area (Å²) in [6, 6.07) is 8.75. The van der Waals surface area contributed by atoms with Crippen LogP contribution in [0.1, 0.15) is 46.2 Å². The molecule has 2 nitrogen and oxygen atoms in total. The molecule has 0 radical (unpaired) electrons. The number of rotatable bonds is 2. The minimum atomic E-state index is 0.339. The van der Waals surface area contributed by atoms with E-state index in [4.69, 9.17) is 11.5 Å². The van der Waals surface area contributed by atoms with E-state index in [0.29, 0.717) is 5.92 Å². The molecular formula is C18H24N2. The lowest BCUT2D eigenvalue weighted by molar-refractivity contribution is 0.914. The van der Waals surface area contributed by atoms with Crippen LogP contribution in [0.2, 0.25) is 0 Å². The molecule has 20 heavy (non-hydrogen) atoms. The summed E-state index contributed by atoms with van der Waals surface area (Å²) in [4.78, 5) is 0. The van der Waals surface area contributed by atoms with Gasteiger partial charge in [-0.1, -0.05) is 31.2 Å². The zero-order chi connectivity index (χ0) is 15.0. The summed E-state index contributed by atoms with van der Waals surface area (Å²) >= 11 is 0. The fourth-order valence-corrected chi connectivity index (χ4v) is 2.71. The number of hydrogen-bond acceptors (Lipinski definition) is 2. The number of nitrogens with two attached hydrogens (primary N) is 2. The fourth-order valence-electron chi connectivity index (χ4n) is 2.71. The monoisotopic (exact) mass is 268 g/mol. The number of nitrogen functional groups attached to an aromatic ring is 2. The molecule has 0 saturated carbocycles. The van der Waals surface area contributed by atoms with Crippen molar-refractivity contribution in [3.63, 3.8) is 0 Å². The molecule has 0 spiro atoms. The van der Waals surface area contributed by atoms with E-state index in [2.05, 4.69) is 58.9 Å². The van der Waals surface area contributed by atoms with Gasteiger partial charge in [-0.3, -0.25) is 0 Å². The molecule has 0 aliphatic heterocycles. The van der Waals surface area contributed by atoms with Crippen LogP contribution in [0.5, 0.6) is 0 Å². The Balaban J connectivity index is 2.49. The Hall–Kier alpha value is -1.96. The first-order chi connectivity index (χ1) is 9.31. The van der Waals surface area contributed by atoms with Gasteiger partial charge in [-0.25, -0.2) is 0 Å². The molecule has 0 unspecified atom stereocenters. The van der Waals surface area contributed by atoms with Crippen molar-refractivity contribution in [2.75, 3.05) is 11.5 Å². The molecule has 0 saturated heterocycles. The van der Waals surface area contributed by atoms with Crippen LogP contribution in [-0.4, -0.2) is 0 Å². The van der Waals surface area contributed by atoms with Crippen LogP contribution in [-0.2, 0) is 0 Å². The van der Waals surface area contributed by atoms with E-state index in [1.807, 2.05) is 0 Å². The maximum Gasteiger partial charge on any atom is 0.0373 e. The van der Waals surface area contributed by atoms with E-state index >= 15 is 0 Å². The Morgan fingerprint density at radius 3 is 1.15 bits per heavy atom.